The third kappa shape index (κ3) is 2.23. The van der Waals surface area contributed by atoms with Gasteiger partial charge in [0.2, 0.25) is 5.89 Å². The van der Waals surface area contributed by atoms with Crippen LogP contribution in [0.3, 0.4) is 0 Å². The van der Waals surface area contributed by atoms with Crippen LogP contribution in [0.15, 0.2) is 16.8 Å². The van der Waals surface area contributed by atoms with Gasteiger partial charge in [0.25, 0.3) is 0 Å². The van der Waals surface area contributed by atoms with Gasteiger partial charge in [0, 0.05) is 18.3 Å². The van der Waals surface area contributed by atoms with E-state index in [1.54, 1.807) is 6.20 Å². The van der Waals surface area contributed by atoms with Crippen molar-refractivity contribution in [2.24, 2.45) is 0 Å². The molecule has 5 nitrogen and oxygen atoms in total. The van der Waals surface area contributed by atoms with Crippen molar-refractivity contribution in [2.45, 2.75) is 33.2 Å². The third-order valence-electron chi connectivity index (χ3n) is 2.19. The first-order valence-corrected chi connectivity index (χ1v) is 5.09. The summed E-state index contributed by atoms with van der Waals surface area (Å²) in [6.07, 6.45) is 3.62. The summed E-state index contributed by atoms with van der Waals surface area (Å²) in [5.74, 6) is 1.39. The lowest BCUT2D eigenvalue weighted by Gasteiger charge is -1.98. The normalized spacial score (nSPS) is 10.8. The Morgan fingerprint density at radius 1 is 1.47 bits per heavy atom. The second-order valence-electron chi connectivity index (χ2n) is 3.48. The molecule has 0 aromatic carbocycles. The van der Waals surface area contributed by atoms with E-state index in [2.05, 4.69) is 22.2 Å². The van der Waals surface area contributed by atoms with Crippen molar-refractivity contribution in [3.05, 3.63) is 29.7 Å². The van der Waals surface area contributed by atoms with Gasteiger partial charge in [-0.25, -0.2) is 0 Å². The average molecular weight is 206 g/mol. The van der Waals surface area contributed by atoms with Crippen molar-refractivity contribution >= 4 is 0 Å². The highest BCUT2D eigenvalue weighted by Gasteiger charge is 2.07. The Morgan fingerprint density at radius 3 is 3.00 bits per heavy atom. The average Bonchev–Trinajstić information content (AvgIpc) is 2.79. The SMILES string of the molecule is CCCc1nc(Cn2nccc2C)no1. The Hall–Kier alpha value is -1.65. The Kier molecular flexibility index (Phi) is 2.80. The summed E-state index contributed by atoms with van der Waals surface area (Å²) in [6, 6.07) is 1.95. The molecule has 5 heteroatoms. The van der Waals surface area contributed by atoms with E-state index in [4.69, 9.17) is 4.52 Å². The van der Waals surface area contributed by atoms with Crippen molar-refractivity contribution in [3.63, 3.8) is 0 Å². The van der Waals surface area contributed by atoms with Gasteiger partial charge in [-0.1, -0.05) is 12.1 Å². The van der Waals surface area contributed by atoms with Crippen LogP contribution >= 0.6 is 0 Å². The monoisotopic (exact) mass is 206 g/mol. The number of aromatic nitrogens is 4. The summed E-state index contributed by atoms with van der Waals surface area (Å²) in [4.78, 5) is 4.28. The maximum atomic E-state index is 5.09. The van der Waals surface area contributed by atoms with Crippen molar-refractivity contribution in [2.75, 3.05) is 0 Å². The topological polar surface area (TPSA) is 56.7 Å². The predicted molar refractivity (Wildman–Crippen MR) is 54.4 cm³/mol. The fourth-order valence-corrected chi connectivity index (χ4v) is 1.37. The Morgan fingerprint density at radius 2 is 2.33 bits per heavy atom. The molecule has 2 aromatic rings. The Bertz CT molecular complexity index is 432. The summed E-state index contributed by atoms with van der Waals surface area (Å²) < 4.78 is 6.94. The molecule has 0 saturated heterocycles. The molecule has 0 spiro atoms. The second kappa shape index (κ2) is 4.25. The summed E-state index contributed by atoms with van der Waals surface area (Å²) in [7, 11) is 0. The highest BCUT2D eigenvalue weighted by molar-refractivity contribution is 4.99. The van der Waals surface area contributed by atoms with E-state index in [0.717, 1.165) is 18.5 Å². The van der Waals surface area contributed by atoms with Gasteiger partial charge in [0.15, 0.2) is 5.82 Å². The largest absolute Gasteiger partial charge is 0.339 e. The number of hydrogen-bond acceptors (Lipinski definition) is 4. The molecule has 0 unspecified atom stereocenters. The number of aryl methyl sites for hydroxylation is 2. The molecule has 0 aliphatic heterocycles. The first-order chi connectivity index (χ1) is 7.29. The van der Waals surface area contributed by atoms with Crippen LogP contribution in [0.2, 0.25) is 0 Å². The van der Waals surface area contributed by atoms with Crippen molar-refractivity contribution in [1.82, 2.24) is 19.9 Å². The molecule has 2 heterocycles. The van der Waals surface area contributed by atoms with Crippen LogP contribution in [0.1, 0.15) is 30.8 Å². The molecule has 0 atom stereocenters. The molecule has 0 saturated carbocycles. The van der Waals surface area contributed by atoms with E-state index in [1.165, 1.54) is 0 Å². The lowest BCUT2D eigenvalue weighted by atomic mass is 10.3. The minimum Gasteiger partial charge on any atom is -0.339 e. The van der Waals surface area contributed by atoms with E-state index < -0.39 is 0 Å². The van der Waals surface area contributed by atoms with Crippen LogP contribution in [-0.2, 0) is 13.0 Å². The van der Waals surface area contributed by atoms with Crippen LogP contribution in [-0.4, -0.2) is 19.9 Å². The number of hydrogen-bond donors (Lipinski definition) is 0. The molecule has 2 rings (SSSR count). The lowest BCUT2D eigenvalue weighted by molar-refractivity contribution is 0.370. The summed E-state index contributed by atoms with van der Waals surface area (Å²) >= 11 is 0. The molecule has 0 fully saturated rings. The lowest BCUT2D eigenvalue weighted by Crippen LogP contribution is -2.05. The maximum absolute atomic E-state index is 5.09. The Labute approximate surface area is 88.1 Å². The molecule has 2 aromatic heterocycles. The van der Waals surface area contributed by atoms with E-state index >= 15 is 0 Å². The summed E-state index contributed by atoms with van der Waals surface area (Å²) in [5, 5.41) is 8.07. The highest BCUT2D eigenvalue weighted by atomic mass is 16.5. The van der Waals surface area contributed by atoms with Gasteiger partial charge in [-0.05, 0) is 19.4 Å². The fraction of sp³-hybridized carbons (Fsp3) is 0.500. The van der Waals surface area contributed by atoms with Crippen molar-refractivity contribution in [1.29, 1.82) is 0 Å². The molecule has 0 amide bonds. The van der Waals surface area contributed by atoms with Gasteiger partial charge < -0.3 is 4.52 Å². The van der Waals surface area contributed by atoms with Gasteiger partial charge in [-0.2, -0.15) is 10.1 Å². The Balaban J connectivity index is 2.08. The number of nitrogens with zero attached hydrogens (tertiary/aromatic N) is 4. The van der Waals surface area contributed by atoms with Crippen LogP contribution in [0.25, 0.3) is 0 Å². The zero-order chi connectivity index (χ0) is 10.7. The highest BCUT2D eigenvalue weighted by Crippen LogP contribution is 2.04. The predicted octanol–water partition coefficient (Wildman–Crippen LogP) is 1.58. The molecule has 0 bridgehead atoms. The summed E-state index contributed by atoms with van der Waals surface area (Å²) in [5.41, 5.74) is 1.09. The molecule has 0 radical (unpaired) electrons. The molecular weight excluding hydrogens is 192 g/mol. The molecule has 15 heavy (non-hydrogen) atoms. The van der Waals surface area contributed by atoms with E-state index in [-0.39, 0.29) is 0 Å². The third-order valence-corrected chi connectivity index (χ3v) is 2.19. The molecule has 80 valence electrons. The second-order valence-corrected chi connectivity index (χ2v) is 3.48. The standard InChI is InChI=1S/C10H14N4O/c1-3-4-10-12-9(13-15-10)7-14-8(2)5-6-11-14/h5-6H,3-4,7H2,1-2H3. The number of rotatable bonds is 4. The van der Waals surface area contributed by atoms with Crippen molar-refractivity contribution in [3.8, 4) is 0 Å². The van der Waals surface area contributed by atoms with Gasteiger partial charge in [-0.15, -0.1) is 0 Å². The minimum atomic E-state index is 0.575. The van der Waals surface area contributed by atoms with Gasteiger partial charge in [-0.3, -0.25) is 4.68 Å². The van der Waals surface area contributed by atoms with E-state index in [9.17, 15) is 0 Å². The molecule has 0 aliphatic carbocycles. The zero-order valence-electron chi connectivity index (χ0n) is 8.97. The minimum absolute atomic E-state index is 0.575. The van der Waals surface area contributed by atoms with Crippen LogP contribution in [0.5, 0.6) is 0 Å². The first kappa shape index (κ1) is 9.89. The first-order valence-electron chi connectivity index (χ1n) is 5.09. The van der Waals surface area contributed by atoms with Crippen LogP contribution < -0.4 is 0 Å². The molecular formula is C10H14N4O. The van der Waals surface area contributed by atoms with Crippen LogP contribution in [0.4, 0.5) is 0 Å². The van der Waals surface area contributed by atoms with Crippen molar-refractivity contribution < 1.29 is 4.52 Å². The van der Waals surface area contributed by atoms with Gasteiger partial charge in [0.1, 0.15) is 6.54 Å². The maximum Gasteiger partial charge on any atom is 0.226 e. The van der Waals surface area contributed by atoms with Crippen LogP contribution in [0, 0.1) is 6.92 Å². The molecule has 0 N–H and O–H groups in total. The quantitative estimate of drug-likeness (QED) is 0.762. The van der Waals surface area contributed by atoms with E-state index in [1.807, 2.05) is 17.7 Å². The van der Waals surface area contributed by atoms with E-state index in [0.29, 0.717) is 18.3 Å². The summed E-state index contributed by atoms with van der Waals surface area (Å²) in [6.45, 7) is 4.66. The molecule has 0 aliphatic rings. The van der Waals surface area contributed by atoms with Gasteiger partial charge >= 0.3 is 0 Å². The van der Waals surface area contributed by atoms with Gasteiger partial charge in [0.05, 0.1) is 0 Å². The smallest absolute Gasteiger partial charge is 0.226 e. The fourth-order valence-electron chi connectivity index (χ4n) is 1.37. The zero-order valence-corrected chi connectivity index (χ0v) is 8.97.